The molecule has 1 aliphatic rings. The van der Waals surface area contributed by atoms with Crippen molar-refractivity contribution in [1.29, 1.82) is 0 Å². The number of aliphatic hydroxyl groups is 1. The number of carbonyl (C=O) groups excluding carboxylic acids is 1. The first-order chi connectivity index (χ1) is 12.4. The summed E-state index contributed by atoms with van der Waals surface area (Å²) in [5, 5.41) is 9.03. The van der Waals surface area contributed by atoms with Gasteiger partial charge < -0.3 is 14.6 Å². The van der Waals surface area contributed by atoms with Crippen molar-refractivity contribution in [2.24, 2.45) is 0 Å². The molecule has 29 heavy (non-hydrogen) atoms. The van der Waals surface area contributed by atoms with Crippen LogP contribution in [-0.2, 0) is 14.3 Å². The van der Waals surface area contributed by atoms with Gasteiger partial charge in [0.2, 0.25) is 6.10 Å². The molecule has 0 aromatic rings. The standard InChI is InChI=1S/C12H7F13O4/c1-3(2)4(26)28-10(12(23,24)25)9(18,19)8(27,11(20,21)22)6(13,14)5(29-10)7(15,16)17/h5,27H,1H2,2H3. The monoisotopic (exact) mass is 462 g/mol. The minimum atomic E-state index is -7.51. The summed E-state index contributed by atoms with van der Waals surface area (Å²) < 4.78 is 179. The van der Waals surface area contributed by atoms with E-state index >= 15 is 0 Å². The zero-order valence-electron chi connectivity index (χ0n) is 13.4. The molecular weight excluding hydrogens is 455 g/mol. The van der Waals surface area contributed by atoms with Gasteiger partial charge in [-0.3, -0.25) is 0 Å². The fourth-order valence-corrected chi connectivity index (χ4v) is 2.20. The molecular formula is C12H7F13O4. The summed E-state index contributed by atoms with van der Waals surface area (Å²) in [5.41, 5.74) is -8.61. The number of rotatable bonds is 2. The number of esters is 1. The average molecular weight is 462 g/mol. The van der Waals surface area contributed by atoms with E-state index in [1.807, 2.05) is 0 Å². The van der Waals surface area contributed by atoms with E-state index in [0.29, 0.717) is 6.92 Å². The first-order valence-electron chi connectivity index (χ1n) is 6.66. The van der Waals surface area contributed by atoms with Gasteiger partial charge in [0.25, 0.3) is 5.60 Å². The minimum Gasteiger partial charge on any atom is -0.414 e. The van der Waals surface area contributed by atoms with Crippen molar-refractivity contribution in [3.63, 3.8) is 0 Å². The SMILES string of the molecule is C=C(C)C(=O)OC1(C(F)(F)F)OC(C(F)(F)F)C(F)(F)C(O)(C(F)(F)F)C1(F)F. The molecule has 170 valence electrons. The Kier molecular flexibility index (Phi) is 5.54. The summed E-state index contributed by atoms with van der Waals surface area (Å²) in [6.45, 7) is 3.00. The van der Waals surface area contributed by atoms with Crippen molar-refractivity contribution in [3.8, 4) is 0 Å². The molecule has 1 aliphatic heterocycles. The van der Waals surface area contributed by atoms with Crippen LogP contribution in [0.2, 0.25) is 0 Å². The summed E-state index contributed by atoms with van der Waals surface area (Å²) in [5.74, 6) is -23.9. The molecule has 1 fully saturated rings. The highest BCUT2D eigenvalue weighted by Crippen LogP contribution is 2.65. The molecule has 0 aliphatic carbocycles. The lowest BCUT2D eigenvalue weighted by molar-refractivity contribution is -0.555. The molecule has 3 unspecified atom stereocenters. The van der Waals surface area contributed by atoms with Crippen LogP contribution in [0.4, 0.5) is 57.1 Å². The maximum Gasteiger partial charge on any atom is 0.462 e. The molecule has 0 bridgehead atoms. The third-order valence-electron chi connectivity index (χ3n) is 3.63. The lowest BCUT2D eigenvalue weighted by atomic mass is 9.76. The fraction of sp³-hybridized carbons (Fsp3) is 0.750. The van der Waals surface area contributed by atoms with Crippen LogP contribution in [0.3, 0.4) is 0 Å². The van der Waals surface area contributed by atoms with Crippen LogP contribution in [0, 0.1) is 0 Å². The van der Waals surface area contributed by atoms with Crippen molar-refractivity contribution in [1.82, 2.24) is 0 Å². The molecule has 0 aromatic heterocycles. The molecule has 17 heteroatoms. The number of alkyl halides is 13. The van der Waals surface area contributed by atoms with E-state index in [1.165, 1.54) is 0 Å². The van der Waals surface area contributed by atoms with Crippen molar-refractivity contribution in [2.45, 2.75) is 54.8 Å². The second-order valence-electron chi connectivity index (χ2n) is 5.73. The molecule has 0 spiro atoms. The molecule has 4 nitrogen and oxygen atoms in total. The molecule has 0 aromatic carbocycles. The van der Waals surface area contributed by atoms with Gasteiger partial charge in [0.1, 0.15) is 0 Å². The van der Waals surface area contributed by atoms with E-state index in [-0.39, 0.29) is 0 Å². The quantitative estimate of drug-likeness (QED) is 0.385. The highest BCUT2D eigenvalue weighted by Gasteiger charge is 2.98. The van der Waals surface area contributed by atoms with Crippen LogP contribution >= 0.6 is 0 Å². The highest BCUT2D eigenvalue weighted by atomic mass is 19.4. The number of carbonyl (C=O) groups is 1. The molecule has 0 saturated carbocycles. The van der Waals surface area contributed by atoms with E-state index in [9.17, 15) is 61.9 Å². The molecule has 0 amide bonds. The van der Waals surface area contributed by atoms with Crippen LogP contribution in [0.15, 0.2) is 12.2 Å². The Morgan fingerprint density at radius 3 is 1.66 bits per heavy atom. The van der Waals surface area contributed by atoms with Gasteiger partial charge in [0.15, 0.2) is 0 Å². The lowest BCUT2D eigenvalue weighted by Crippen LogP contribution is -2.87. The third kappa shape index (κ3) is 3.21. The molecule has 0 radical (unpaired) electrons. The second-order valence-corrected chi connectivity index (χ2v) is 5.73. The summed E-state index contributed by atoms with van der Waals surface area (Å²) in [7, 11) is 0. The molecule has 1 heterocycles. The Morgan fingerprint density at radius 1 is 0.966 bits per heavy atom. The third-order valence-corrected chi connectivity index (χ3v) is 3.63. The predicted octanol–water partition coefficient (Wildman–Crippen LogP) is 3.89. The molecule has 1 rings (SSSR count). The number of hydrogen-bond donors (Lipinski definition) is 1. The topological polar surface area (TPSA) is 55.8 Å². The van der Waals surface area contributed by atoms with Gasteiger partial charge in [-0.25, -0.2) is 4.79 Å². The zero-order chi connectivity index (χ0) is 23.6. The second kappa shape index (κ2) is 6.36. The van der Waals surface area contributed by atoms with Gasteiger partial charge in [-0.2, -0.15) is 57.1 Å². The van der Waals surface area contributed by atoms with Gasteiger partial charge in [0, 0.05) is 5.57 Å². The van der Waals surface area contributed by atoms with Crippen LogP contribution in [0.5, 0.6) is 0 Å². The van der Waals surface area contributed by atoms with E-state index in [2.05, 4.69) is 16.1 Å². The molecule has 1 N–H and O–H groups in total. The van der Waals surface area contributed by atoms with E-state index < -0.39 is 59.4 Å². The summed E-state index contributed by atoms with van der Waals surface area (Å²) in [4.78, 5) is 11.3. The van der Waals surface area contributed by atoms with Crippen molar-refractivity contribution >= 4 is 5.97 Å². The van der Waals surface area contributed by atoms with Gasteiger partial charge in [-0.15, -0.1) is 0 Å². The number of halogens is 13. The number of ether oxygens (including phenoxy) is 2. The van der Waals surface area contributed by atoms with Crippen LogP contribution in [-0.4, -0.2) is 58.9 Å². The predicted molar refractivity (Wildman–Crippen MR) is 61.5 cm³/mol. The summed E-state index contributed by atoms with van der Waals surface area (Å²) in [6.07, 6.45) is -27.2. The Labute approximate surface area is 150 Å². The first kappa shape index (κ1) is 25.3. The first-order valence-corrected chi connectivity index (χ1v) is 6.66. The van der Waals surface area contributed by atoms with Crippen LogP contribution in [0.25, 0.3) is 0 Å². The Balaban J connectivity index is 4.09. The molecule has 3 atom stereocenters. The normalized spacial score (nSPS) is 32.6. The average Bonchev–Trinajstić information content (AvgIpc) is 2.44. The maximum absolute atomic E-state index is 14.3. The summed E-state index contributed by atoms with van der Waals surface area (Å²) in [6, 6.07) is 0. The Bertz CT molecular complexity index is 691. The van der Waals surface area contributed by atoms with E-state index in [1.54, 1.807) is 0 Å². The van der Waals surface area contributed by atoms with E-state index in [4.69, 9.17) is 5.11 Å². The van der Waals surface area contributed by atoms with Crippen LogP contribution < -0.4 is 0 Å². The van der Waals surface area contributed by atoms with Gasteiger partial charge >= 0.3 is 42.1 Å². The van der Waals surface area contributed by atoms with Crippen molar-refractivity contribution < 1.29 is 76.5 Å². The van der Waals surface area contributed by atoms with E-state index in [0.717, 1.165) is 0 Å². The highest BCUT2D eigenvalue weighted by molar-refractivity contribution is 5.87. The summed E-state index contributed by atoms with van der Waals surface area (Å²) >= 11 is 0. The number of hydrogen-bond acceptors (Lipinski definition) is 4. The largest absolute Gasteiger partial charge is 0.462 e. The van der Waals surface area contributed by atoms with Gasteiger partial charge in [-0.05, 0) is 6.92 Å². The fourth-order valence-electron chi connectivity index (χ4n) is 2.20. The van der Waals surface area contributed by atoms with Crippen LogP contribution in [0.1, 0.15) is 6.92 Å². The molecule has 1 saturated heterocycles. The van der Waals surface area contributed by atoms with Crippen molar-refractivity contribution in [3.05, 3.63) is 12.2 Å². The lowest BCUT2D eigenvalue weighted by Gasteiger charge is -2.55. The Morgan fingerprint density at radius 2 is 1.38 bits per heavy atom. The van der Waals surface area contributed by atoms with Gasteiger partial charge in [-0.1, -0.05) is 6.58 Å². The zero-order valence-corrected chi connectivity index (χ0v) is 13.4. The Hall–Kier alpha value is -1.78. The smallest absolute Gasteiger partial charge is 0.414 e. The maximum atomic E-state index is 14.3. The van der Waals surface area contributed by atoms with Crippen molar-refractivity contribution in [2.75, 3.05) is 0 Å². The minimum absolute atomic E-state index is 0.430. The van der Waals surface area contributed by atoms with Gasteiger partial charge in [0.05, 0.1) is 0 Å².